The summed E-state index contributed by atoms with van der Waals surface area (Å²) in [6.45, 7) is 0. The van der Waals surface area contributed by atoms with Gasteiger partial charge < -0.3 is 18.6 Å². The van der Waals surface area contributed by atoms with Gasteiger partial charge in [-0.05, 0) is 36.4 Å². The molecule has 0 atom stereocenters. The van der Waals surface area contributed by atoms with E-state index in [1.807, 2.05) is 30.3 Å². The van der Waals surface area contributed by atoms with Gasteiger partial charge in [0.25, 0.3) is 0 Å². The molecule has 6 nitrogen and oxygen atoms in total. The molecule has 0 aliphatic carbocycles. The van der Waals surface area contributed by atoms with Crippen molar-refractivity contribution >= 4 is 33.9 Å². The molecule has 1 aliphatic rings. The van der Waals surface area contributed by atoms with Gasteiger partial charge in [-0.25, -0.2) is 9.79 Å². The van der Waals surface area contributed by atoms with Crippen LogP contribution in [0.4, 0.5) is 0 Å². The van der Waals surface area contributed by atoms with Crippen LogP contribution in [0, 0.1) is 0 Å². The first-order valence-electron chi connectivity index (χ1n) is 8.67. The number of cyclic esters (lactones) is 1. The first-order valence-corrected chi connectivity index (χ1v) is 9.47. The fourth-order valence-electron chi connectivity index (χ4n) is 2.80. The Kier molecular flexibility index (Phi) is 5.22. The van der Waals surface area contributed by atoms with Gasteiger partial charge in [-0.2, -0.15) is 0 Å². The molecule has 0 saturated carbocycles. The van der Waals surface area contributed by atoms with Gasteiger partial charge in [0.1, 0.15) is 23.0 Å². The van der Waals surface area contributed by atoms with Crippen LogP contribution in [0.5, 0.6) is 11.5 Å². The topological polar surface area (TPSA) is 70.3 Å². The predicted octanol–water partition coefficient (Wildman–Crippen LogP) is 5.07. The van der Waals surface area contributed by atoms with E-state index in [9.17, 15) is 4.79 Å². The second kappa shape index (κ2) is 7.97. The number of nitrogens with zero attached hydrogens (tertiary/aromatic N) is 1. The fourth-order valence-corrected chi connectivity index (χ4v) is 3.06. The van der Waals surface area contributed by atoms with Crippen molar-refractivity contribution in [2.24, 2.45) is 4.99 Å². The molecular weight excluding hydrogens is 438 g/mol. The Hall–Kier alpha value is -3.32. The minimum atomic E-state index is -0.552. The maximum absolute atomic E-state index is 12.3. The van der Waals surface area contributed by atoms with Gasteiger partial charge in [-0.1, -0.05) is 28.1 Å². The van der Waals surface area contributed by atoms with Gasteiger partial charge in [0.15, 0.2) is 5.70 Å². The van der Waals surface area contributed by atoms with Crippen LogP contribution < -0.4 is 9.47 Å². The van der Waals surface area contributed by atoms with Crippen LogP contribution in [0.15, 0.2) is 74.2 Å². The molecule has 4 rings (SSSR count). The number of benzene rings is 2. The Balaban J connectivity index is 1.63. The molecule has 0 saturated heterocycles. The lowest BCUT2D eigenvalue weighted by molar-refractivity contribution is -0.129. The van der Waals surface area contributed by atoms with E-state index >= 15 is 0 Å². The number of aliphatic imine (C=N–C) groups is 1. The van der Waals surface area contributed by atoms with Gasteiger partial charge in [0.2, 0.25) is 5.90 Å². The summed E-state index contributed by atoms with van der Waals surface area (Å²) in [5.74, 6) is 1.96. The highest BCUT2D eigenvalue weighted by atomic mass is 79.9. The van der Waals surface area contributed by atoms with Crippen LogP contribution in [0.3, 0.4) is 0 Å². The average Bonchev–Trinajstić information content (AvgIpc) is 3.35. The highest BCUT2D eigenvalue weighted by Crippen LogP contribution is 2.28. The van der Waals surface area contributed by atoms with Crippen molar-refractivity contribution in [1.29, 1.82) is 0 Å². The highest BCUT2D eigenvalue weighted by Gasteiger charge is 2.25. The second-order valence-corrected chi connectivity index (χ2v) is 7.06. The first kappa shape index (κ1) is 19.0. The van der Waals surface area contributed by atoms with Crippen molar-refractivity contribution < 1.29 is 23.4 Å². The minimum absolute atomic E-state index is 0.151. The number of halogens is 1. The molecule has 0 fully saturated rings. The molecule has 7 heteroatoms. The average molecular weight is 454 g/mol. The molecule has 146 valence electrons. The zero-order chi connectivity index (χ0) is 20.4. The molecule has 0 N–H and O–H groups in total. The molecule has 3 aromatic rings. The second-order valence-electron chi connectivity index (χ2n) is 6.15. The van der Waals surface area contributed by atoms with Gasteiger partial charge in [0, 0.05) is 27.7 Å². The number of ether oxygens (including phenoxy) is 3. The molecular formula is C22H16BrNO5. The molecule has 0 spiro atoms. The van der Waals surface area contributed by atoms with Crippen LogP contribution in [0.2, 0.25) is 0 Å². The lowest BCUT2D eigenvalue weighted by Gasteiger charge is -2.07. The summed E-state index contributed by atoms with van der Waals surface area (Å²) in [5, 5.41) is 0. The summed E-state index contributed by atoms with van der Waals surface area (Å²) in [6, 6.07) is 16.5. The lowest BCUT2D eigenvalue weighted by atomic mass is 10.2. The Morgan fingerprint density at radius 2 is 1.62 bits per heavy atom. The molecule has 1 aliphatic heterocycles. The van der Waals surface area contributed by atoms with Gasteiger partial charge in [-0.3, -0.25) is 0 Å². The summed E-state index contributed by atoms with van der Waals surface area (Å²) in [7, 11) is 3.10. The van der Waals surface area contributed by atoms with E-state index < -0.39 is 5.97 Å². The normalized spacial score (nSPS) is 14.7. The van der Waals surface area contributed by atoms with Gasteiger partial charge >= 0.3 is 5.97 Å². The molecule has 0 amide bonds. The van der Waals surface area contributed by atoms with Crippen molar-refractivity contribution in [2.45, 2.75) is 0 Å². The molecule has 2 aromatic carbocycles. The minimum Gasteiger partial charge on any atom is -0.497 e. The monoisotopic (exact) mass is 453 g/mol. The number of methoxy groups -OCH3 is 2. The molecule has 0 radical (unpaired) electrons. The number of hydrogen-bond donors (Lipinski definition) is 0. The van der Waals surface area contributed by atoms with Crippen LogP contribution in [-0.4, -0.2) is 26.1 Å². The molecule has 2 heterocycles. The van der Waals surface area contributed by atoms with Crippen LogP contribution >= 0.6 is 15.9 Å². The zero-order valence-corrected chi connectivity index (χ0v) is 17.2. The summed E-state index contributed by atoms with van der Waals surface area (Å²) in [6.07, 6.45) is 1.55. The van der Waals surface area contributed by atoms with Crippen molar-refractivity contribution in [3.8, 4) is 22.8 Å². The third kappa shape index (κ3) is 4.09. The van der Waals surface area contributed by atoms with E-state index in [1.54, 1.807) is 44.6 Å². The van der Waals surface area contributed by atoms with E-state index in [1.165, 1.54) is 0 Å². The smallest absolute Gasteiger partial charge is 0.363 e. The largest absolute Gasteiger partial charge is 0.497 e. The quantitative estimate of drug-likeness (QED) is 0.398. The maximum Gasteiger partial charge on any atom is 0.363 e. The van der Waals surface area contributed by atoms with E-state index in [2.05, 4.69) is 20.9 Å². The number of carbonyl (C=O) groups excluding carboxylic acids is 1. The Morgan fingerprint density at radius 1 is 0.931 bits per heavy atom. The SMILES string of the molecule is COc1cc(OC)cc(C2=N/C(=C/c3ccc(-c4ccc(Br)cc4)o3)C(=O)O2)c1. The third-order valence-corrected chi connectivity index (χ3v) is 4.78. The highest BCUT2D eigenvalue weighted by molar-refractivity contribution is 9.10. The zero-order valence-electron chi connectivity index (χ0n) is 15.6. The predicted molar refractivity (Wildman–Crippen MR) is 112 cm³/mol. The van der Waals surface area contributed by atoms with E-state index in [0.29, 0.717) is 28.6 Å². The third-order valence-electron chi connectivity index (χ3n) is 4.25. The van der Waals surface area contributed by atoms with Crippen molar-refractivity contribution in [3.63, 3.8) is 0 Å². The summed E-state index contributed by atoms with van der Waals surface area (Å²) >= 11 is 3.41. The van der Waals surface area contributed by atoms with Crippen molar-refractivity contribution in [1.82, 2.24) is 0 Å². The summed E-state index contributed by atoms with van der Waals surface area (Å²) in [4.78, 5) is 16.6. The number of rotatable bonds is 5. The fraction of sp³-hybridized carbons (Fsp3) is 0.0909. The maximum atomic E-state index is 12.3. The van der Waals surface area contributed by atoms with E-state index in [-0.39, 0.29) is 11.6 Å². The Bertz CT molecular complexity index is 1110. The van der Waals surface area contributed by atoms with E-state index in [4.69, 9.17) is 18.6 Å². The van der Waals surface area contributed by atoms with Gasteiger partial charge in [0.05, 0.1) is 14.2 Å². The standard InChI is InChI=1S/C22H16BrNO5/c1-26-17-9-14(10-18(11-17)27-2)21-24-19(22(25)29-21)12-16-7-8-20(28-16)13-3-5-15(23)6-4-13/h3-12H,1-2H3/b19-12+. The van der Waals surface area contributed by atoms with Crippen molar-refractivity contribution in [2.75, 3.05) is 14.2 Å². The molecule has 0 unspecified atom stereocenters. The molecule has 29 heavy (non-hydrogen) atoms. The first-order chi connectivity index (χ1) is 14.1. The van der Waals surface area contributed by atoms with E-state index in [0.717, 1.165) is 10.0 Å². The van der Waals surface area contributed by atoms with Crippen LogP contribution in [0.1, 0.15) is 11.3 Å². The van der Waals surface area contributed by atoms with Crippen LogP contribution in [-0.2, 0) is 9.53 Å². The van der Waals surface area contributed by atoms with Crippen molar-refractivity contribution in [3.05, 3.63) is 76.1 Å². The summed E-state index contributed by atoms with van der Waals surface area (Å²) in [5.41, 5.74) is 1.66. The number of furan rings is 1. The molecule has 1 aromatic heterocycles. The number of carbonyl (C=O) groups is 1. The van der Waals surface area contributed by atoms with Gasteiger partial charge in [-0.15, -0.1) is 0 Å². The number of hydrogen-bond acceptors (Lipinski definition) is 6. The lowest BCUT2D eigenvalue weighted by Crippen LogP contribution is -2.06. The Morgan fingerprint density at radius 3 is 2.28 bits per heavy atom. The number of esters is 1. The van der Waals surface area contributed by atoms with Crippen LogP contribution in [0.25, 0.3) is 17.4 Å². The molecule has 0 bridgehead atoms. The Labute approximate surface area is 175 Å². The summed E-state index contributed by atoms with van der Waals surface area (Å²) < 4.78 is 22.6.